The maximum Gasteiger partial charge on any atom is 0.264 e. The molecule has 9 heteroatoms. The van der Waals surface area contributed by atoms with Crippen LogP contribution in [0.1, 0.15) is 21.7 Å². The van der Waals surface area contributed by atoms with E-state index in [2.05, 4.69) is 25.0 Å². The molecule has 29 heavy (non-hydrogen) atoms. The van der Waals surface area contributed by atoms with Crippen LogP contribution >= 0.6 is 0 Å². The molecule has 0 aliphatic carbocycles. The zero-order valence-corrected chi connectivity index (χ0v) is 16.6. The van der Waals surface area contributed by atoms with Gasteiger partial charge in [-0.15, -0.1) is 0 Å². The largest absolute Gasteiger partial charge is 0.362 e. The summed E-state index contributed by atoms with van der Waals surface area (Å²) in [4.78, 5) is 24.1. The van der Waals surface area contributed by atoms with E-state index in [0.29, 0.717) is 22.6 Å². The molecular formula is C20H19N5O3S. The number of allylic oxidation sites excluding steroid dienone is 1. The molecule has 3 rings (SSSR count). The Morgan fingerprint density at radius 1 is 1.03 bits per heavy atom. The van der Waals surface area contributed by atoms with E-state index in [-0.39, 0.29) is 16.6 Å². The number of anilines is 2. The number of benzene rings is 1. The molecule has 0 aliphatic rings. The van der Waals surface area contributed by atoms with Crippen molar-refractivity contribution in [2.75, 3.05) is 10.0 Å². The van der Waals surface area contributed by atoms with Gasteiger partial charge in [-0.05, 0) is 56.3 Å². The average molecular weight is 409 g/mol. The Morgan fingerprint density at radius 3 is 2.34 bits per heavy atom. The molecule has 0 unspecified atom stereocenters. The summed E-state index contributed by atoms with van der Waals surface area (Å²) in [5.74, 6) is -0.163. The van der Waals surface area contributed by atoms with Crippen LogP contribution in [-0.4, -0.2) is 29.2 Å². The molecule has 0 atom stereocenters. The predicted molar refractivity (Wildman–Crippen MR) is 110 cm³/mol. The molecule has 0 aliphatic heterocycles. The van der Waals surface area contributed by atoms with E-state index >= 15 is 0 Å². The molecule has 0 bridgehead atoms. The van der Waals surface area contributed by atoms with Crippen molar-refractivity contribution in [3.05, 3.63) is 84.1 Å². The van der Waals surface area contributed by atoms with E-state index < -0.39 is 10.0 Å². The van der Waals surface area contributed by atoms with E-state index in [1.807, 2.05) is 0 Å². The fourth-order valence-electron chi connectivity index (χ4n) is 2.50. The summed E-state index contributed by atoms with van der Waals surface area (Å²) in [6.45, 7) is 3.53. The summed E-state index contributed by atoms with van der Waals surface area (Å²) in [6.07, 6.45) is 5.94. The molecule has 0 saturated heterocycles. The molecular weight excluding hydrogens is 390 g/mol. The van der Waals surface area contributed by atoms with Crippen molar-refractivity contribution in [2.45, 2.75) is 18.7 Å². The minimum Gasteiger partial charge on any atom is -0.362 e. The Balaban J connectivity index is 1.66. The van der Waals surface area contributed by atoms with E-state index in [9.17, 15) is 13.2 Å². The van der Waals surface area contributed by atoms with Gasteiger partial charge in [-0.1, -0.05) is 0 Å². The lowest BCUT2D eigenvalue weighted by Gasteiger charge is -2.08. The Kier molecular flexibility index (Phi) is 5.99. The number of rotatable bonds is 7. The van der Waals surface area contributed by atoms with Crippen LogP contribution in [-0.2, 0) is 10.0 Å². The number of nitrogens with one attached hydrogen (secondary N) is 2. The first kappa shape index (κ1) is 20.2. The summed E-state index contributed by atoms with van der Waals surface area (Å²) in [6, 6.07) is 11.2. The smallest absolute Gasteiger partial charge is 0.264 e. The molecule has 0 radical (unpaired) electrons. The van der Waals surface area contributed by atoms with Crippen LogP contribution in [0.5, 0.6) is 0 Å². The van der Waals surface area contributed by atoms with E-state index in [0.717, 1.165) is 0 Å². The Bertz CT molecular complexity index is 1120. The lowest BCUT2D eigenvalue weighted by molar-refractivity contribution is 0.104. The van der Waals surface area contributed by atoms with Gasteiger partial charge in [-0.2, -0.15) is 0 Å². The van der Waals surface area contributed by atoms with Crippen molar-refractivity contribution >= 4 is 27.4 Å². The maximum atomic E-state index is 12.5. The summed E-state index contributed by atoms with van der Waals surface area (Å²) < 4.78 is 27.4. The van der Waals surface area contributed by atoms with Crippen molar-refractivity contribution in [3.8, 4) is 0 Å². The first-order valence-corrected chi connectivity index (χ1v) is 10.1. The maximum absolute atomic E-state index is 12.5. The molecule has 2 aromatic heterocycles. The van der Waals surface area contributed by atoms with Crippen LogP contribution in [0, 0.1) is 13.8 Å². The molecule has 3 aromatic rings. The third-order valence-electron chi connectivity index (χ3n) is 3.80. The molecule has 0 fully saturated rings. The number of hydrogen-bond acceptors (Lipinski definition) is 7. The van der Waals surface area contributed by atoms with Crippen LogP contribution in [0.25, 0.3) is 0 Å². The van der Waals surface area contributed by atoms with E-state index in [1.54, 1.807) is 50.4 Å². The highest BCUT2D eigenvalue weighted by Gasteiger charge is 2.16. The van der Waals surface area contributed by atoms with Crippen LogP contribution in [0.2, 0.25) is 0 Å². The normalized spacial score (nSPS) is 11.4. The lowest BCUT2D eigenvalue weighted by Crippen LogP contribution is -2.15. The van der Waals surface area contributed by atoms with Crippen LogP contribution < -0.4 is 10.0 Å². The van der Waals surface area contributed by atoms with Gasteiger partial charge in [0.15, 0.2) is 5.78 Å². The molecule has 8 nitrogen and oxygen atoms in total. The highest BCUT2D eigenvalue weighted by Crippen LogP contribution is 2.17. The zero-order chi connectivity index (χ0) is 20.9. The second-order valence-electron chi connectivity index (χ2n) is 6.19. The van der Waals surface area contributed by atoms with Gasteiger partial charge in [0.05, 0.1) is 4.90 Å². The van der Waals surface area contributed by atoms with Crippen molar-refractivity contribution < 1.29 is 13.2 Å². The summed E-state index contributed by atoms with van der Waals surface area (Å²) in [5.41, 5.74) is 2.44. The SMILES string of the molecule is Cc1cc(C)nc(NS(=O)(=O)c2ccc(N/C=C/C(=O)c3cccnc3)cc2)n1. The van der Waals surface area contributed by atoms with E-state index in [1.165, 1.54) is 30.6 Å². The number of pyridine rings is 1. The monoisotopic (exact) mass is 409 g/mol. The standard InChI is InChI=1S/C20H19N5O3S/c1-14-12-15(2)24-20(23-14)25-29(27,28)18-7-5-17(6-8-18)22-11-9-19(26)16-4-3-10-21-13-16/h3-13,22H,1-2H3,(H,23,24,25)/b11-9+. The lowest BCUT2D eigenvalue weighted by atomic mass is 10.2. The van der Waals surface area contributed by atoms with Crippen LogP contribution in [0.3, 0.4) is 0 Å². The predicted octanol–water partition coefficient (Wildman–Crippen LogP) is 3.10. The number of aromatic nitrogens is 3. The molecule has 1 aromatic carbocycles. The first-order valence-electron chi connectivity index (χ1n) is 8.66. The van der Waals surface area contributed by atoms with Crippen LogP contribution in [0.15, 0.2) is 72.0 Å². The minimum absolute atomic E-state index is 0.0292. The molecule has 0 spiro atoms. The zero-order valence-electron chi connectivity index (χ0n) is 15.8. The van der Waals surface area contributed by atoms with Gasteiger partial charge in [-0.25, -0.2) is 23.1 Å². The summed E-state index contributed by atoms with van der Waals surface area (Å²) >= 11 is 0. The van der Waals surface area contributed by atoms with Crippen molar-refractivity contribution in [1.82, 2.24) is 15.0 Å². The Labute approximate surface area is 168 Å². The molecule has 0 saturated carbocycles. The van der Waals surface area contributed by atoms with Gasteiger partial charge in [0.2, 0.25) is 5.95 Å². The number of nitrogens with zero attached hydrogens (tertiary/aromatic N) is 3. The van der Waals surface area contributed by atoms with Crippen molar-refractivity contribution in [1.29, 1.82) is 0 Å². The fraction of sp³-hybridized carbons (Fsp3) is 0.100. The van der Waals surface area contributed by atoms with Crippen molar-refractivity contribution in [2.24, 2.45) is 0 Å². The van der Waals surface area contributed by atoms with Gasteiger partial charge in [0.25, 0.3) is 10.0 Å². The highest BCUT2D eigenvalue weighted by molar-refractivity contribution is 7.92. The number of sulfonamides is 1. The van der Waals surface area contributed by atoms with Gasteiger partial charge in [-0.3, -0.25) is 9.78 Å². The van der Waals surface area contributed by atoms with Gasteiger partial charge >= 0.3 is 0 Å². The van der Waals surface area contributed by atoms with E-state index in [4.69, 9.17) is 0 Å². The molecule has 2 N–H and O–H groups in total. The number of carbonyl (C=O) groups excluding carboxylic acids is 1. The molecule has 0 amide bonds. The second kappa shape index (κ2) is 8.61. The van der Waals surface area contributed by atoms with Gasteiger partial charge in [0, 0.05) is 47.3 Å². The Morgan fingerprint density at radius 2 is 1.72 bits per heavy atom. The summed E-state index contributed by atoms with van der Waals surface area (Å²) in [7, 11) is -3.82. The van der Waals surface area contributed by atoms with Gasteiger partial charge < -0.3 is 5.32 Å². The summed E-state index contributed by atoms with van der Waals surface area (Å²) in [5, 5.41) is 2.93. The third-order valence-corrected chi connectivity index (χ3v) is 5.15. The topological polar surface area (TPSA) is 114 Å². The highest BCUT2D eigenvalue weighted by atomic mass is 32.2. The number of carbonyl (C=O) groups is 1. The minimum atomic E-state index is -3.82. The average Bonchev–Trinajstić information content (AvgIpc) is 2.68. The third kappa shape index (κ3) is 5.45. The van der Waals surface area contributed by atoms with Gasteiger partial charge in [0.1, 0.15) is 0 Å². The first-order chi connectivity index (χ1) is 13.8. The molecule has 2 heterocycles. The molecule has 148 valence electrons. The number of ketones is 1. The fourth-order valence-corrected chi connectivity index (χ4v) is 3.44. The number of hydrogen-bond donors (Lipinski definition) is 2. The van der Waals surface area contributed by atoms with Crippen molar-refractivity contribution in [3.63, 3.8) is 0 Å². The Hall–Kier alpha value is -3.59. The number of aryl methyl sites for hydroxylation is 2. The quantitative estimate of drug-likeness (QED) is 0.455. The second-order valence-corrected chi connectivity index (χ2v) is 7.87. The van der Waals surface area contributed by atoms with Crippen LogP contribution in [0.4, 0.5) is 11.6 Å².